The number of anilines is 1. The van der Waals surface area contributed by atoms with Crippen LogP contribution in [0.4, 0.5) is 5.82 Å². The number of furan rings is 1. The van der Waals surface area contributed by atoms with Crippen LogP contribution in [-0.2, 0) is 13.6 Å². The van der Waals surface area contributed by atoms with Gasteiger partial charge in [-0.05, 0) is 30.7 Å². The number of aryl methyl sites for hydroxylation is 2. The minimum Gasteiger partial charge on any atom is -0.467 e. The van der Waals surface area contributed by atoms with Crippen LogP contribution in [0.25, 0.3) is 20.4 Å². The molecular formula is C15H14N4OS. The summed E-state index contributed by atoms with van der Waals surface area (Å²) in [6, 6.07) is 5.87. The fraction of sp³-hybridized carbons (Fsp3) is 0.200. The molecule has 0 saturated heterocycles. The Balaban J connectivity index is 1.83. The molecule has 0 aliphatic heterocycles. The SMILES string of the molecule is Cc1ccnc2sc3c(NCc4ccco4)nn(C)c3c12. The Morgan fingerprint density at radius 3 is 3.10 bits per heavy atom. The molecule has 0 radical (unpaired) electrons. The van der Waals surface area contributed by atoms with E-state index in [0.717, 1.165) is 26.6 Å². The van der Waals surface area contributed by atoms with Gasteiger partial charge in [0.05, 0.1) is 23.0 Å². The Morgan fingerprint density at radius 2 is 2.29 bits per heavy atom. The lowest BCUT2D eigenvalue weighted by molar-refractivity contribution is 0.517. The summed E-state index contributed by atoms with van der Waals surface area (Å²) in [4.78, 5) is 5.53. The molecule has 6 heteroatoms. The number of hydrogen-bond donors (Lipinski definition) is 1. The molecule has 0 bridgehead atoms. The summed E-state index contributed by atoms with van der Waals surface area (Å²) >= 11 is 1.67. The minimum atomic E-state index is 0.625. The molecule has 1 N–H and O–H groups in total. The van der Waals surface area contributed by atoms with Crippen molar-refractivity contribution in [2.24, 2.45) is 7.05 Å². The number of fused-ring (bicyclic) bond motifs is 3. The molecule has 0 aliphatic rings. The Labute approximate surface area is 125 Å². The molecule has 0 spiro atoms. The van der Waals surface area contributed by atoms with Crippen molar-refractivity contribution in [3.63, 3.8) is 0 Å². The molecule has 0 amide bonds. The summed E-state index contributed by atoms with van der Waals surface area (Å²) in [7, 11) is 1.97. The predicted octanol–water partition coefficient (Wildman–Crippen LogP) is 3.70. The van der Waals surface area contributed by atoms with Gasteiger partial charge < -0.3 is 9.73 Å². The number of nitrogens with zero attached hydrogens (tertiary/aromatic N) is 3. The molecule has 0 fully saturated rings. The predicted molar refractivity (Wildman–Crippen MR) is 84.7 cm³/mol. The van der Waals surface area contributed by atoms with Gasteiger partial charge in [0.15, 0.2) is 5.82 Å². The summed E-state index contributed by atoms with van der Waals surface area (Å²) in [6.45, 7) is 2.74. The molecule has 106 valence electrons. The summed E-state index contributed by atoms with van der Waals surface area (Å²) in [5, 5.41) is 9.13. The summed E-state index contributed by atoms with van der Waals surface area (Å²) < 4.78 is 8.41. The van der Waals surface area contributed by atoms with Gasteiger partial charge in [0.1, 0.15) is 10.6 Å². The third-order valence-electron chi connectivity index (χ3n) is 3.57. The fourth-order valence-electron chi connectivity index (χ4n) is 2.57. The van der Waals surface area contributed by atoms with Gasteiger partial charge in [-0.3, -0.25) is 4.68 Å². The number of nitrogens with one attached hydrogen (secondary N) is 1. The lowest BCUT2D eigenvalue weighted by Crippen LogP contribution is -2.00. The molecule has 0 aromatic carbocycles. The quantitative estimate of drug-likeness (QED) is 0.626. The molecule has 0 unspecified atom stereocenters. The van der Waals surface area contributed by atoms with E-state index in [2.05, 4.69) is 22.3 Å². The Morgan fingerprint density at radius 1 is 1.38 bits per heavy atom. The molecule has 5 nitrogen and oxygen atoms in total. The van der Waals surface area contributed by atoms with E-state index in [1.165, 1.54) is 10.9 Å². The summed E-state index contributed by atoms with van der Waals surface area (Å²) in [5.74, 6) is 1.77. The highest BCUT2D eigenvalue weighted by molar-refractivity contribution is 7.26. The molecule has 4 aromatic heterocycles. The van der Waals surface area contributed by atoms with Crippen LogP contribution in [0.3, 0.4) is 0 Å². The number of pyridine rings is 1. The van der Waals surface area contributed by atoms with Crippen LogP contribution in [0.2, 0.25) is 0 Å². The summed E-state index contributed by atoms with van der Waals surface area (Å²) in [6.07, 6.45) is 3.54. The number of aromatic nitrogens is 3. The van der Waals surface area contributed by atoms with E-state index in [9.17, 15) is 0 Å². The van der Waals surface area contributed by atoms with Gasteiger partial charge in [-0.25, -0.2) is 4.98 Å². The highest BCUT2D eigenvalue weighted by atomic mass is 32.1. The van der Waals surface area contributed by atoms with Crippen molar-refractivity contribution in [2.75, 3.05) is 5.32 Å². The first kappa shape index (κ1) is 12.4. The first-order valence-electron chi connectivity index (χ1n) is 6.71. The van der Waals surface area contributed by atoms with E-state index in [1.807, 2.05) is 36.1 Å². The maximum atomic E-state index is 5.35. The average Bonchev–Trinajstić information content (AvgIpc) is 3.15. The number of hydrogen-bond acceptors (Lipinski definition) is 5. The maximum Gasteiger partial charge on any atom is 0.166 e. The normalized spacial score (nSPS) is 11.5. The van der Waals surface area contributed by atoms with Crippen molar-refractivity contribution in [1.82, 2.24) is 14.8 Å². The van der Waals surface area contributed by atoms with Crippen LogP contribution >= 0.6 is 11.3 Å². The van der Waals surface area contributed by atoms with Crippen molar-refractivity contribution in [1.29, 1.82) is 0 Å². The van der Waals surface area contributed by atoms with Crippen molar-refractivity contribution in [2.45, 2.75) is 13.5 Å². The maximum absolute atomic E-state index is 5.35. The molecule has 0 saturated carbocycles. The van der Waals surface area contributed by atoms with Gasteiger partial charge >= 0.3 is 0 Å². The van der Waals surface area contributed by atoms with Crippen molar-refractivity contribution in [3.05, 3.63) is 42.0 Å². The van der Waals surface area contributed by atoms with E-state index < -0.39 is 0 Å². The Hall–Kier alpha value is -2.34. The van der Waals surface area contributed by atoms with E-state index in [0.29, 0.717) is 6.54 Å². The molecular weight excluding hydrogens is 284 g/mol. The van der Waals surface area contributed by atoms with E-state index in [1.54, 1.807) is 17.6 Å². The zero-order valence-corrected chi connectivity index (χ0v) is 12.6. The molecule has 4 rings (SSSR count). The second-order valence-electron chi connectivity index (χ2n) is 4.99. The zero-order chi connectivity index (χ0) is 14.4. The third kappa shape index (κ3) is 1.91. The standard InChI is InChI=1S/C15H14N4OS/c1-9-5-6-16-15-11(9)12-13(21-15)14(18-19(12)2)17-8-10-4-3-7-20-10/h3-7H,8H2,1-2H3,(H,17,18). The Kier molecular flexibility index (Phi) is 2.71. The molecule has 4 aromatic rings. The van der Waals surface area contributed by atoms with Crippen molar-refractivity contribution < 1.29 is 4.42 Å². The topological polar surface area (TPSA) is 55.9 Å². The van der Waals surface area contributed by atoms with Crippen molar-refractivity contribution >= 4 is 37.6 Å². The van der Waals surface area contributed by atoms with E-state index in [-0.39, 0.29) is 0 Å². The van der Waals surface area contributed by atoms with Gasteiger partial charge in [-0.15, -0.1) is 11.3 Å². The van der Waals surface area contributed by atoms with Crippen LogP contribution in [0.15, 0.2) is 35.1 Å². The van der Waals surface area contributed by atoms with Crippen LogP contribution in [0.5, 0.6) is 0 Å². The first-order valence-corrected chi connectivity index (χ1v) is 7.53. The van der Waals surface area contributed by atoms with Crippen LogP contribution in [0.1, 0.15) is 11.3 Å². The number of thiophene rings is 1. The van der Waals surface area contributed by atoms with Gasteiger partial charge in [0.25, 0.3) is 0 Å². The Bertz CT molecular complexity index is 920. The van der Waals surface area contributed by atoms with E-state index in [4.69, 9.17) is 4.42 Å². The highest BCUT2D eigenvalue weighted by Gasteiger charge is 2.17. The molecule has 0 atom stereocenters. The minimum absolute atomic E-state index is 0.625. The smallest absolute Gasteiger partial charge is 0.166 e. The van der Waals surface area contributed by atoms with Crippen LogP contribution in [-0.4, -0.2) is 14.8 Å². The second-order valence-corrected chi connectivity index (χ2v) is 5.99. The van der Waals surface area contributed by atoms with Gasteiger partial charge in [0.2, 0.25) is 0 Å². The second kappa shape index (κ2) is 4.60. The largest absolute Gasteiger partial charge is 0.467 e. The summed E-state index contributed by atoms with van der Waals surface area (Å²) in [5.41, 5.74) is 2.37. The number of rotatable bonds is 3. The van der Waals surface area contributed by atoms with Crippen molar-refractivity contribution in [3.8, 4) is 0 Å². The molecule has 0 aliphatic carbocycles. The zero-order valence-electron chi connectivity index (χ0n) is 11.8. The third-order valence-corrected chi connectivity index (χ3v) is 4.67. The first-order chi connectivity index (χ1) is 10.2. The van der Waals surface area contributed by atoms with Gasteiger partial charge in [0, 0.05) is 18.6 Å². The highest BCUT2D eigenvalue weighted by Crippen LogP contribution is 2.38. The fourth-order valence-corrected chi connectivity index (χ4v) is 3.78. The lowest BCUT2D eigenvalue weighted by atomic mass is 10.2. The molecule has 21 heavy (non-hydrogen) atoms. The van der Waals surface area contributed by atoms with Gasteiger partial charge in [-0.2, -0.15) is 5.10 Å². The average molecular weight is 298 g/mol. The molecule has 4 heterocycles. The van der Waals surface area contributed by atoms with Crippen LogP contribution < -0.4 is 5.32 Å². The van der Waals surface area contributed by atoms with Crippen LogP contribution in [0, 0.1) is 6.92 Å². The monoisotopic (exact) mass is 298 g/mol. The van der Waals surface area contributed by atoms with E-state index >= 15 is 0 Å². The van der Waals surface area contributed by atoms with Gasteiger partial charge in [-0.1, -0.05) is 0 Å². The lowest BCUT2D eigenvalue weighted by Gasteiger charge is -1.99.